The van der Waals surface area contributed by atoms with E-state index in [-0.39, 0.29) is 12.1 Å². The molecule has 0 radical (unpaired) electrons. The number of piperazine rings is 1. The molecule has 2 rings (SSSR count). The molecule has 1 aliphatic heterocycles. The van der Waals surface area contributed by atoms with Crippen LogP contribution >= 0.6 is 0 Å². The zero-order valence-electron chi connectivity index (χ0n) is 15.4. The van der Waals surface area contributed by atoms with Crippen molar-refractivity contribution in [2.45, 2.75) is 26.4 Å². The highest BCUT2D eigenvalue weighted by Gasteiger charge is 2.20. The molecule has 6 nitrogen and oxygen atoms in total. The lowest BCUT2D eigenvalue weighted by atomic mass is 10.3. The maximum Gasteiger partial charge on any atom is 0.317 e. The number of carbonyl (C=O) groups excluding carboxylic acids is 1. The number of hydrogen-bond donors (Lipinski definition) is 1. The highest BCUT2D eigenvalue weighted by molar-refractivity contribution is 5.74. The number of amides is 2. The van der Waals surface area contributed by atoms with Crippen LogP contribution in [0.4, 0.5) is 4.79 Å². The first kappa shape index (κ1) is 19.5. The third kappa shape index (κ3) is 7.75. The second kappa shape index (κ2) is 10.9. The van der Waals surface area contributed by atoms with Crippen LogP contribution in [0.5, 0.6) is 5.75 Å². The largest absolute Gasteiger partial charge is 0.492 e. The lowest BCUT2D eigenvalue weighted by molar-refractivity contribution is 0.0768. The quantitative estimate of drug-likeness (QED) is 0.695. The Morgan fingerprint density at radius 3 is 2.52 bits per heavy atom. The first-order valence-corrected chi connectivity index (χ1v) is 9.19. The maximum absolute atomic E-state index is 12.1. The molecule has 0 aliphatic carbocycles. The maximum atomic E-state index is 12.1. The van der Waals surface area contributed by atoms with Gasteiger partial charge in [-0.2, -0.15) is 0 Å². The molecule has 6 heteroatoms. The first-order chi connectivity index (χ1) is 12.1. The zero-order valence-corrected chi connectivity index (χ0v) is 15.4. The summed E-state index contributed by atoms with van der Waals surface area (Å²) in [4.78, 5) is 16.4. The fourth-order valence-electron chi connectivity index (χ4n) is 2.68. The molecule has 140 valence electrons. The van der Waals surface area contributed by atoms with E-state index in [1.165, 1.54) is 0 Å². The lowest BCUT2D eigenvalue weighted by Crippen LogP contribution is -2.52. The van der Waals surface area contributed by atoms with E-state index in [2.05, 4.69) is 10.2 Å². The van der Waals surface area contributed by atoms with Crippen LogP contribution in [-0.4, -0.2) is 74.4 Å². The summed E-state index contributed by atoms with van der Waals surface area (Å²) in [5.74, 6) is 0.905. The number of nitrogens with zero attached hydrogens (tertiary/aromatic N) is 2. The van der Waals surface area contributed by atoms with Gasteiger partial charge in [0, 0.05) is 45.9 Å². The molecule has 0 unspecified atom stereocenters. The van der Waals surface area contributed by atoms with Gasteiger partial charge < -0.3 is 19.7 Å². The highest BCUT2D eigenvalue weighted by atomic mass is 16.5. The number of urea groups is 1. The molecule has 0 atom stereocenters. The number of ether oxygens (including phenoxy) is 2. The molecule has 1 aromatic carbocycles. The molecule has 1 aliphatic rings. The minimum atomic E-state index is 0.0322. The monoisotopic (exact) mass is 349 g/mol. The zero-order chi connectivity index (χ0) is 17.9. The summed E-state index contributed by atoms with van der Waals surface area (Å²) in [6, 6.07) is 9.89. The Hall–Kier alpha value is -1.79. The van der Waals surface area contributed by atoms with Crippen molar-refractivity contribution >= 4 is 6.03 Å². The van der Waals surface area contributed by atoms with E-state index >= 15 is 0 Å². The van der Waals surface area contributed by atoms with Gasteiger partial charge in [0.15, 0.2) is 0 Å². The minimum absolute atomic E-state index is 0.0322. The minimum Gasteiger partial charge on any atom is -0.492 e. The number of rotatable bonds is 9. The Bertz CT molecular complexity index is 488. The molecule has 1 heterocycles. The number of nitrogens with one attached hydrogen (secondary N) is 1. The van der Waals surface area contributed by atoms with Crippen LogP contribution < -0.4 is 10.1 Å². The van der Waals surface area contributed by atoms with Crippen molar-refractivity contribution in [3.05, 3.63) is 30.3 Å². The Morgan fingerprint density at radius 1 is 1.12 bits per heavy atom. The van der Waals surface area contributed by atoms with Crippen molar-refractivity contribution in [1.82, 2.24) is 15.1 Å². The average Bonchev–Trinajstić information content (AvgIpc) is 2.62. The Balaban J connectivity index is 1.54. The molecule has 1 aromatic rings. The van der Waals surface area contributed by atoms with Crippen molar-refractivity contribution in [2.24, 2.45) is 0 Å². The highest BCUT2D eigenvalue weighted by Crippen LogP contribution is 2.08. The summed E-state index contributed by atoms with van der Waals surface area (Å²) in [5, 5.41) is 2.97. The van der Waals surface area contributed by atoms with Gasteiger partial charge in [-0.1, -0.05) is 18.2 Å². The smallest absolute Gasteiger partial charge is 0.317 e. The van der Waals surface area contributed by atoms with Crippen molar-refractivity contribution in [3.63, 3.8) is 0 Å². The van der Waals surface area contributed by atoms with Gasteiger partial charge in [0.1, 0.15) is 12.4 Å². The average molecular weight is 349 g/mol. The number of carbonyl (C=O) groups is 1. The second-order valence-corrected chi connectivity index (χ2v) is 6.50. The van der Waals surface area contributed by atoms with Gasteiger partial charge in [-0.25, -0.2) is 4.79 Å². The molecule has 25 heavy (non-hydrogen) atoms. The van der Waals surface area contributed by atoms with E-state index < -0.39 is 0 Å². The van der Waals surface area contributed by atoms with Gasteiger partial charge in [-0.05, 0) is 32.4 Å². The van der Waals surface area contributed by atoms with Crippen LogP contribution in [-0.2, 0) is 4.74 Å². The van der Waals surface area contributed by atoms with E-state index in [0.717, 1.165) is 44.9 Å². The van der Waals surface area contributed by atoms with Crippen LogP contribution in [0.15, 0.2) is 30.3 Å². The van der Waals surface area contributed by atoms with E-state index in [1.54, 1.807) is 0 Å². The van der Waals surface area contributed by atoms with Crippen molar-refractivity contribution in [1.29, 1.82) is 0 Å². The van der Waals surface area contributed by atoms with E-state index in [1.807, 2.05) is 49.1 Å². The van der Waals surface area contributed by atoms with E-state index in [4.69, 9.17) is 9.47 Å². The van der Waals surface area contributed by atoms with Gasteiger partial charge in [-0.3, -0.25) is 4.90 Å². The lowest BCUT2D eigenvalue weighted by Gasteiger charge is -2.34. The van der Waals surface area contributed by atoms with Crippen LogP contribution in [0, 0.1) is 0 Å². The molecule has 0 aromatic heterocycles. The van der Waals surface area contributed by atoms with E-state index in [9.17, 15) is 4.79 Å². The molecular formula is C19H31N3O3. The van der Waals surface area contributed by atoms with Crippen molar-refractivity contribution < 1.29 is 14.3 Å². The molecule has 0 spiro atoms. The standard InChI is InChI=1S/C19H31N3O3/c1-17(2)24-15-6-9-20-19(23)22-12-10-21(11-13-22)14-16-25-18-7-4-3-5-8-18/h3-5,7-8,17H,6,9-16H2,1-2H3,(H,20,23). The molecule has 0 bridgehead atoms. The molecular weight excluding hydrogens is 318 g/mol. The summed E-state index contributed by atoms with van der Waals surface area (Å²) in [5.41, 5.74) is 0. The van der Waals surface area contributed by atoms with Crippen molar-refractivity contribution in [3.8, 4) is 5.75 Å². The van der Waals surface area contributed by atoms with Crippen molar-refractivity contribution in [2.75, 3.05) is 52.5 Å². The summed E-state index contributed by atoms with van der Waals surface area (Å²) in [6.07, 6.45) is 1.09. The number of para-hydroxylation sites is 1. The SMILES string of the molecule is CC(C)OCCCNC(=O)N1CCN(CCOc2ccccc2)CC1. The summed E-state index contributed by atoms with van der Waals surface area (Å²) in [7, 11) is 0. The Kier molecular flexibility index (Phi) is 8.55. The second-order valence-electron chi connectivity index (χ2n) is 6.50. The fraction of sp³-hybridized carbons (Fsp3) is 0.632. The van der Waals surface area contributed by atoms with E-state index in [0.29, 0.717) is 19.8 Å². The van der Waals surface area contributed by atoms with Gasteiger partial charge in [0.2, 0.25) is 0 Å². The van der Waals surface area contributed by atoms with Gasteiger partial charge >= 0.3 is 6.03 Å². The predicted octanol–water partition coefficient (Wildman–Crippen LogP) is 2.21. The van der Waals surface area contributed by atoms with Crippen LogP contribution in [0.25, 0.3) is 0 Å². The molecule has 1 saturated heterocycles. The molecule has 1 N–H and O–H groups in total. The van der Waals surface area contributed by atoms with Crippen LogP contribution in [0.2, 0.25) is 0 Å². The topological polar surface area (TPSA) is 54.0 Å². The van der Waals surface area contributed by atoms with Gasteiger partial charge in [0.05, 0.1) is 6.10 Å². The summed E-state index contributed by atoms with van der Waals surface area (Å²) >= 11 is 0. The Morgan fingerprint density at radius 2 is 1.84 bits per heavy atom. The summed E-state index contributed by atoms with van der Waals surface area (Å²) in [6.45, 7) is 10.3. The molecule has 1 fully saturated rings. The number of hydrogen-bond acceptors (Lipinski definition) is 4. The molecule has 2 amide bonds. The number of benzene rings is 1. The normalized spacial score (nSPS) is 15.4. The predicted molar refractivity (Wildman–Crippen MR) is 99.1 cm³/mol. The fourth-order valence-corrected chi connectivity index (χ4v) is 2.68. The van der Waals surface area contributed by atoms with Crippen LogP contribution in [0.3, 0.4) is 0 Å². The molecule has 0 saturated carbocycles. The summed E-state index contributed by atoms with van der Waals surface area (Å²) < 4.78 is 11.2. The third-order valence-electron chi connectivity index (χ3n) is 4.13. The first-order valence-electron chi connectivity index (χ1n) is 9.19. The Labute approximate surface area is 151 Å². The third-order valence-corrected chi connectivity index (χ3v) is 4.13. The van der Waals surface area contributed by atoms with Crippen LogP contribution in [0.1, 0.15) is 20.3 Å². The van der Waals surface area contributed by atoms with Gasteiger partial charge in [-0.15, -0.1) is 0 Å². The van der Waals surface area contributed by atoms with Gasteiger partial charge in [0.25, 0.3) is 0 Å².